The first-order chi connectivity index (χ1) is 5.04. The van der Waals surface area contributed by atoms with E-state index >= 15 is 0 Å². The van der Waals surface area contributed by atoms with Crippen LogP contribution in [0.5, 0.6) is 0 Å². The minimum Gasteiger partial charge on any atom is -0.241 e. The van der Waals surface area contributed by atoms with Crippen LogP contribution in [0.25, 0.3) is 0 Å². The number of nitrogens with one attached hydrogen (secondary N) is 1. The summed E-state index contributed by atoms with van der Waals surface area (Å²) in [6, 6.07) is 1.74. The molecule has 0 spiro atoms. The van der Waals surface area contributed by atoms with Gasteiger partial charge in [0.1, 0.15) is 14.1 Å². The van der Waals surface area contributed by atoms with Crippen LogP contribution in [0.1, 0.15) is 12.5 Å². The lowest BCUT2D eigenvalue weighted by atomic mass is 10.3. The van der Waals surface area contributed by atoms with Crippen molar-refractivity contribution < 1.29 is 4.21 Å². The van der Waals surface area contributed by atoms with Crippen LogP contribution < -0.4 is 5.14 Å². The zero-order chi connectivity index (χ0) is 8.48. The van der Waals surface area contributed by atoms with Gasteiger partial charge in [-0.05, 0) is 23.4 Å². The molecule has 1 unspecified atom stereocenters. The molecule has 0 saturated heterocycles. The number of aryl methyl sites for hydroxylation is 1. The summed E-state index contributed by atoms with van der Waals surface area (Å²) in [5.41, 5.74) is 1.09. The number of thiophene rings is 1. The zero-order valence-corrected chi connectivity index (χ0v) is 7.80. The van der Waals surface area contributed by atoms with Gasteiger partial charge in [0.15, 0.2) is 0 Å². The molecule has 0 fully saturated rings. The van der Waals surface area contributed by atoms with E-state index in [2.05, 4.69) is 0 Å². The predicted molar refractivity (Wildman–Crippen MR) is 47.0 cm³/mol. The van der Waals surface area contributed by atoms with E-state index in [1.165, 1.54) is 11.3 Å². The van der Waals surface area contributed by atoms with Gasteiger partial charge in [0, 0.05) is 0 Å². The van der Waals surface area contributed by atoms with Gasteiger partial charge in [-0.25, -0.2) is 14.1 Å². The van der Waals surface area contributed by atoms with Crippen LogP contribution in [0.3, 0.4) is 0 Å². The third kappa shape index (κ3) is 2.02. The molecule has 5 heteroatoms. The number of rotatable bonds is 2. The topological polar surface area (TPSA) is 66.9 Å². The molecule has 0 aliphatic heterocycles. The van der Waals surface area contributed by atoms with E-state index in [9.17, 15) is 4.21 Å². The SMILES string of the molecule is CCc1csc(S(=N)(N)=O)c1. The van der Waals surface area contributed by atoms with Crippen LogP contribution in [0.4, 0.5) is 0 Å². The second-order valence-electron chi connectivity index (χ2n) is 2.23. The fraction of sp³-hybridized carbons (Fsp3) is 0.333. The molecular weight excluding hydrogens is 180 g/mol. The van der Waals surface area contributed by atoms with Gasteiger partial charge in [-0.15, -0.1) is 11.3 Å². The standard InChI is InChI=1S/C6H10N2OS2/c1-2-5-3-6(10-4-5)11(7,8)9/h3-4H,2H2,1H3,(H3,7,8,9). The summed E-state index contributed by atoms with van der Waals surface area (Å²) in [4.78, 5) is 0. The quantitative estimate of drug-likeness (QED) is 0.730. The Kier molecular flexibility index (Phi) is 2.31. The van der Waals surface area contributed by atoms with Gasteiger partial charge in [0.25, 0.3) is 0 Å². The highest BCUT2D eigenvalue weighted by Crippen LogP contribution is 2.19. The molecule has 0 aliphatic rings. The molecule has 1 rings (SSSR count). The second kappa shape index (κ2) is 2.92. The van der Waals surface area contributed by atoms with Crippen molar-refractivity contribution in [2.45, 2.75) is 17.6 Å². The van der Waals surface area contributed by atoms with E-state index in [1.54, 1.807) is 6.07 Å². The first-order valence-electron chi connectivity index (χ1n) is 3.18. The van der Waals surface area contributed by atoms with Gasteiger partial charge >= 0.3 is 0 Å². The summed E-state index contributed by atoms with van der Waals surface area (Å²) in [5, 5.41) is 7.01. The van der Waals surface area contributed by atoms with Gasteiger partial charge in [-0.2, -0.15) is 0 Å². The highest BCUT2D eigenvalue weighted by Gasteiger charge is 2.05. The monoisotopic (exact) mass is 190 g/mol. The summed E-state index contributed by atoms with van der Waals surface area (Å²) in [5.74, 6) is 0. The number of hydrogen-bond acceptors (Lipinski definition) is 3. The molecule has 3 nitrogen and oxygen atoms in total. The lowest BCUT2D eigenvalue weighted by Gasteiger charge is -1.92. The maximum Gasteiger partial charge on any atom is 0.141 e. The van der Waals surface area contributed by atoms with Gasteiger partial charge in [0.05, 0.1) is 0 Å². The average Bonchev–Trinajstić information content (AvgIpc) is 2.32. The van der Waals surface area contributed by atoms with Crippen molar-refractivity contribution in [3.63, 3.8) is 0 Å². The Morgan fingerprint density at radius 2 is 2.45 bits per heavy atom. The van der Waals surface area contributed by atoms with Gasteiger partial charge in [-0.1, -0.05) is 6.92 Å². The molecule has 0 amide bonds. The summed E-state index contributed by atoms with van der Waals surface area (Å²) < 4.78 is 18.5. The van der Waals surface area contributed by atoms with Crippen molar-refractivity contribution in [1.29, 1.82) is 4.78 Å². The minimum atomic E-state index is -2.97. The summed E-state index contributed by atoms with van der Waals surface area (Å²) in [6.07, 6.45) is 0.895. The Balaban J connectivity index is 3.09. The highest BCUT2D eigenvalue weighted by atomic mass is 32.2. The Labute approximate surface area is 70.3 Å². The fourth-order valence-electron chi connectivity index (χ4n) is 0.698. The van der Waals surface area contributed by atoms with Crippen molar-refractivity contribution in [1.82, 2.24) is 0 Å². The first-order valence-corrected chi connectivity index (χ1v) is 5.68. The van der Waals surface area contributed by atoms with Crippen molar-refractivity contribution in [3.8, 4) is 0 Å². The maximum absolute atomic E-state index is 11.0. The lowest BCUT2D eigenvalue weighted by molar-refractivity contribution is 0.677. The van der Waals surface area contributed by atoms with Crippen molar-refractivity contribution in [3.05, 3.63) is 17.0 Å². The Morgan fingerprint density at radius 1 is 1.82 bits per heavy atom. The molecule has 0 saturated carbocycles. The van der Waals surface area contributed by atoms with Crippen LogP contribution in [0.15, 0.2) is 15.7 Å². The molecular formula is C6H10N2OS2. The molecule has 0 radical (unpaired) electrons. The molecule has 3 N–H and O–H groups in total. The van der Waals surface area contributed by atoms with E-state index in [0.717, 1.165) is 12.0 Å². The third-order valence-electron chi connectivity index (χ3n) is 1.34. The maximum atomic E-state index is 11.0. The molecule has 0 aromatic carbocycles. The molecule has 0 bridgehead atoms. The normalized spacial score (nSPS) is 16.2. The summed E-state index contributed by atoms with van der Waals surface area (Å²) >= 11 is 1.29. The smallest absolute Gasteiger partial charge is 0.141 e. The van der Waals surface area contributed by atoms with E-state index in [-0.39, 0.29) is 0 Å². The fourth-order valence-corrected chi connectivity index (χ4v) is 2.46. The van der Waals surface area contributed by atoms with Crippen LogP contribution >= 0.6 is 11.3 Å². The first kappa shape index (κ1) is 8.70. The molecule has 1 aromatic rings. The van der Waals surface area contributed by atoms with Crippen LogP contribution in [-0.4, -0.2) is 4.21 Å². The van der Waals surface area contributed by atoms with Crippen molar-refractivity contribution in [2.75, 3.05) is 0 Å². The summed E-state index contributed by atoms with van der Waals surface area (Å²) in [7, 11) is -2.97. The summed E-state index contributed by atoms with van der Waals surface area (Å²) in [6.45, 7) is 2.01. The zero-order valence-electron chi connectivity index (χ0n) is 6.16. The number of nitrogens with two attached hydrogens (primary N) is 1. The Morgan fingerprint density at radius 3 is 2.73 bits per heavy atom. The van der Waals surface area contributed by atoms with Gasteiger partial charge in [-0.3, -0.25) is 0 Å². The average molecular weight is 190 g/mol. The predicted octanol–water partition coefficient (Wildman–Crippen LogP) is 1.59. The largest absolute Gasteiger partial charge is 0.241 e. The molecule has 0 aliphatic carbocycles. The van der Waals surface area contributed by atoms with E-state index < -0.39 is 9.92 Å². The van der Waals surface area contributed by atoms with Gasteiger partial charge in [0.2, 0.25) is 0 Å². The van der Waals surface area contributed by atoms with E-state index in [4.69, 9.17) is 9.92 Å². The van der Waals surface area contributed by atoms with E-state index in [0.29, 0.717) is 4.21 Å². The van der Waals surface area contributed by atoms with Crippen LogP contribution in [-0.2, 0) is 16.3 Å². The minimum absolute atomic E-state index is 0.467. The third-order valence-corrected chi connectivity index (χ3v) is 3.85. The second-order valence-corrected chi connectivity index (χ2v) is 5.04. The molecule has 1 atom stereocenters. The van der Waals surface area contributed by atoms with E-state index in [1.807, 2.05) is 12.3 Å². The Bertz CT molecular complexity index is 339. The highest BCUT2D eigenvalue weighted by molar-refractivity contribution is 7.92. The molecule has 62 valence electrons. The van der Waals surface area contributed by atoms with Crippen molar-refractivity contribution in [2.24, 2.45) is 5.14 Å². The van der Waals surface area contributed by atoms with Gasteiger partial charge < -0.3 is 0 Å². The molecule has 1 heterocycles. The molecule has 11 heavy (non-hydrogen) atoms. The lowest BCUT2D eigenvalue weighted by Crippen LogP contribution is -2.07. The molecule has 1 aromatic heterocycles. The number of hydrogen-bond donors (Lipinski definition) is 2. The Hall–Kier alpha value is -0.390. The van der Waals surface area contributed by atoms with Crippen LogP contribution in [0.2, 0.25) is 0 Å². The van der Waals surface area contributed by atoms with Crippen LogP contribution in [0, 0.1) is 4.78 Å². The van der Waals surface area contributed by atoms with Crippen molar-refractivity contribution >= 4 is 21.3 Å².